The van der Waals surface area contributed by atoms with Crippen LogP contribution in [-0.2, 0) is 4.79 Å². The highest BCUT2D eigenvalue weighted by molar-refractivity contribution is 5.92. The molecule has 1 saturated heterocycles. The molecule has 1 aliphatic rings. The average Bonchev–Trinajstić information content (AvgIpc) is 2.64. The van der Waals surface area contributed by atoms with Gasteiger partial charge in [0.2, 0.25) is 5.91 Å². The molecule has 3 rings (SSSR count). The van der Waals surface area contributed by atoms with Crippen molar-refractivity contribution in [3.63, 3.8) is 0 Å². The molecule has 0 atom stereocenters. The van der Waals surface area contributed by atoms with Crippen LogP contribution in [-0.4, -0.2) is 37.0 Å². The normalized spacial score (nSPS) is 15.3. The molecular weight excluding hydrogens is 330 g/mol. The number of amides is 2. The quantitative estimate of drug-likeness (QED) is 0.881. The summed E-state index contributed by atoms with van der Waals surface area (Å²) in [4.78, 5) is 26.4. The van der Waals surface area contributed by atoms with Gasteiger partial charge in [-0.2, -0.15) is 0 Å². The van der Waals surface area contributed by atoms with Gasteiger partial charge in [0.15, 0.2) is 0 Å². The van der Waals surface area contributed by atoms with Crippen molar-refractivity contribution in [3.8, 4) is 5.75 Å². The molecule has 2 aromatic carbocycles. The van der Waals surface area contributed by atoms with Crippen LogP contribution in [0, 0.1) is 5.92 Å². The fraction of sp³-hybridized carbons (Fsp3) is 0.300. The van der Waals surface area contributed by atoms with E-state index in [4.69, 9.17) is 4.74 Å². The third kappa shape index (κ3) is 5.07. The van der Waals surface area contributed by atoms with Gasteiger partial charge in [-0.25, -0.2) is 4.79 Å². The second kappa shape index (κ2) is 8.49. The smallest absolute Gasteiger partial charge is 0.410 e. The largest absolute Gasteiger partial charge is 0.417 e. The monoisotopic (exact) mass is 353 g/mol. The van der Waals surface area contributed by atoms with Crippen LogP contribution in [0.5, 0.6) is 5.75 Å². The number of nitrogens with one attached hydrogen (secondary N) is 2. The summed E-state index contributed by atoms with van der Waals surface area (Å²) in [7, 11) is 2.07. The van der Waals surface area contributed by atoms with Crippen molar-refractivity contribution in [2.24, 2.45) is 5.92 Å². The second-order valence-corrected chi connectivity index (χ2v) is 6.47. The van der Waals surface area contributed by atoms with E-state index in [1.54, 1.807) is 36.4 Å². The van der Waals surface area contributed by atoms with Crippen molar-refractivity contribution in [2.45, 2.75) is 12.8 Å². The number of piperidine rings is 1. The minimum Gasteiger partial charge on any atom is -0.410 e. The van der Waals surface area contributed by atoms with Crippen molar-refractivity contribution in [2.75, 3.05) is 30.8 Å². The molecule has 0 aromatic heterocycles. The zero-order valence-corrected chi connectivity index (χ0v) is 14.8. The van der Waals surface area contributed by atoms with Crippen LogP contribution >= 0.6 is 0 Å². The van der Waals surface area contributed by atoms with Crippen molar-refractivity contribution in [3.05, 3.63) is 54.6 Å². The zero-order chi connectivity index (χ0) is 18.4. The van der Waals surface area contributed by atoms with E-state index in [9.17, 15) is 9.59 Å². The maximum absolute atomic E-state index is 12.3. The van der Waals surface area contributed by atoms with E-state index in [0.717, 1.165) is 25.9 Å². The Morgan fingerprint density at radius 2 is 1.54 bits per heavy atom. The minimum atomic E-state index is -0.556. The lowest BCUT2D eigenvalue weighted by molar-refractivity contribution is -0.121. The third-order valence-electron chi connectivity index (χ3n) is 4.44. The number of ether oxygens (including phenoxy) is 1. The zero-order valence-electron chi connectivity index (χ0n) is 14.8. The molecular formula is C20H23N3O3. The lowest BCUT2D eigenvalue weighted by atomic mass is 9.96. The van der Waals surface area contributed by atoms with Crippen LogP contribution in [0.15, 0.2) is 54.6 Å². The minimum absolute atomic E-state index is 0.0496. The van der Waals surface area contributed by atoms with Crippen LogP contribution in [0.25, 0.3) is 0 Å². The number of carbonyl (C=O) groups excluding carboxylic acids is 2. The summed E-state index contributed by atoms with van der Waals surface area (Å²) >= 11 is 0. The molecule has 0 saturated carbocycles. The van der Waals surface area contributed by atoms with E-state index in [1.807, 2.05) is 18.2 Å². The van der Waals surface area contributed by atoms with Gasteiger partial charge in [0.1, 0.15) is 5.75 Å². The Bertz CT molecular complexity index is 739. The van der Waals surface area contributed by atoms with Crippen LogP contribution in [0.1, 0.15) is 12.8 Å². The molecule has 2 N–H and O–H groups in total. The van der Waals surface area contributed by atoms with Gasteiger partial charge in [0, 0.05) is 17.3 Å². The van der Waals surface area contributed by atoms with Gasteiger partial charge < -0.3 is 15.0 Å². The molecule has 0 unspecified atom stereocenters. The molecule has 6 nitrogen and oxygen atoms in total. The molecule has 1 fully saturated rings. The lowest BCUT2D eigenvalue weighted by Gasteiger charge is -2.28. The van der Waals surface area contributed by atoms with Gasteiger partial charge in [-0.15, -0.1) is 0 Å². The first-order valence-electron chi connectivity index (χ1n) is 8.73. The van der Waals surface area contributed by atoms with Crippen molar-refractivity contribution < 1.29 is 14.3 Å². The van der Waals surface area contributed by atoms with Crippen molar-refractivity contribution >= 4 is 23.4 Å². The van der Waals surface area contributed by atoms with E-state index in [1.165, 1.54) is 0 Å². The predicted octanol–water partition coefficient (Wildman–Crippen LogP) is 3.58. The van der Waals surface area contributed by atoms with Crippen LogP contribution in [0.2, 0.25) is 0 Å². The highest BCUT2D eigenvalue weighted by Gasteiger charge is 2.23. The Balaban J connectivity index is 1.50. The average molecular weight is 353 g/mol. The number of hydrogen-bond donors (Lipinski definition) is 2. The van der Waals surface area contributed by atoms with Gasteiger partial charge >= 0.3 is 6.09 Å². The number of carbonyl (C=O) groups is 2. The number of anilines is 2. The van der Waals surface area contributed by atoms with Crippen molar-refractivity contribution in [1.29, 1.82) is 0 Å². The van der Waals surface area contributed by atoms with Crippen LogP contribution in [0.4, 0.5) is 16.2 Å². The first-order valence-corrected chi connectivity index (χ1v) is 8.73. The number of para-hydroxylation sites is 1. The van der Waals surface area contributed by atoms with Crippen LogP contribution in [0.3, 0.4) is 0 Å². The first kappa shape index (κ1) is 17.9. The van der Waals surface area contributed by atoms with Crippen LogP contribution < -0.4 is 15.4 Å². The summed E-state index contributed by atoms with van der Waals surface area (Å²) in [6.07, 6.45) is 1.20. The fourth-order valence-electron chi connectivity index (χ4n) is 2.89. The standard InChI is InChI=1S/C20H23N3O3/c1-23-13-11-15(12-14-23)19(24)21-17-7-9-18(10-8-17)26-20(25)22-16-5-3-2-4-6-16/h2-10,15H,11-14H2,1H3,(H,21,24)(H,22,25). The SMILES string of the molecule is CN1CCC(C(=O)Nc2ccc(OC(=O)Nc3ccccc3)cc2)CC1. The van der Waals surface area contributed by atoms with Gasteiger partial charge in [-0.05, 0) is 69.4 Å². The molecule has 0 spiro atoms. The fourth-order valence-corrected chi connectivity index (χ4v) is 2.89. The molecule has 6 heteroatoms. The van der Waals surface area contributed by atoms with Gasteiger partial charge in [-0.1, -0.05) is 18.2 Å². The number of likely N-dealkylation sites (tertiary alicyclic amines) is 1. The summed E-state index contributed by atoms with van der Waals surface area (Å²) in [6, 6.07) is 15.9. The van der Waals surface area contributed by atoms with E-state index in [2.05, 4.69) is 22.6 Å². The Morgan fingerprint density at radius 1 is 0.923 bits per heavy atom. The number of nitrogens with zero attached hydrogens (tertiary/aromatic N) is 1. The molecule has 26 heavy (non-hydrogen) atoms. The topological polar surface area (TPSA) is 70.7 Å². The molecule has 0 aliphatic carbocycles. The highest BCUT2D eigenvalue weighted by atomic mass is 16.6. The number of hydrogen-bond acceptors (Lipinski definition) is 4. The molecule has 1 heterocycles. The van der Waals surface area contributed by atoms with Gasteiger partial charge in [0.05, 0.1) is 0 Å². The van der Waals surface area contributed by atoms with E-state index < -0.39 is 6.09 Å². The third-order valence-corrected chi connectivity index (χ3v) is 4.44. The molecule has 0 bridgehead atoms. The molecule has 1 aliphatic heterocycles. The summed E-state index contributed by atoms with van der Waals surface area (Å²) in [6.45, 7) is 1.89. The predicted molar refractivity (Wildman–Crippen MR) is 101 cm³/mol. The maximum Gasteiger partial charge on any atom is 0.417 e. The highest BCUT2D eigenvalue weighted by Crippen LogP contribution is 2.20. The number of rotatable bonds is 4. The molecule has 2 amide bonds. The maximum atomic E-state index is 12.3. The summed E-state index contributed by atoms with van der Waals surface area (Å²) in [5.41, 5.74) is 1.37. The van der Waals surface area contributed by atoms with E-state index >= 15 is 0 Å². The van der Waals surface area contributed by atoms with E-state index in [0.29, 0.717) is 17.1 Å². The second-order valence-electron chi connectivity index (χ2n) is 6.47. The van der Waals surface area contributed by atoms with E-state index in [-0.39, 0.29) is 11.8 Å². The first-order chi connectivity index (χ1) is 12.6. The number of benzene rings is 2. The summed E-state index contributed by atoms with van der Waals surface area (Å²) < 4.78 is 5.24. The van der Waals surface area contributed by atoms with Gasteiger partial charge in [0.25, 0.3) is 0 Å². The Morgan fingerprint density at radius 3 is 2.19 bits per heavy atom. The summed E-state index contributed by atoms with van der Waals surface area (Å²) in [5, 5.41) is 5.58. The lowest BCUT2D eigenvalue weighted by Crippen LogP contribution is -2.35. The van der Waals surface area contributed by atoms with Crippen molar-refractivity contribution in [1.82, 2.24) is 4.90 Å². The summed E-state index contributed by atoms with van der Waals surface area (Å²) in [5.74, 6) is 0.517. The Kier molecular flexibility index (Phi) is 5.86. The van der Waals surface area contributed by atoms with Gasteiger partial charge in [-0.3, -0.25) is 10.1 Å². The molecule has 136 valence electrons. The molecule has 0 radical (unpaired) electrons. The molecule has 2 aromatic rings. The Hall–Kier alpha value is -2.86. The Labute approximate surface area is 153 Å².